The van der Waals surface area contributed by atoms with Gasteiger partial charge in [-0.05, 0) is 54.7 Å². The molecule has 0 saturated carbocycles. The summed E-state index contributed by atoms with van der Waals surface area (Å²) >= 11 is 5.18. The Morgan fingerprint density at radius 3 is 2.65 bits per heavy atom. The Labute approximate surface area is 154 Å². The molecule has 0 saturated heterocycles. The molecule has 0 amide bonds. The third-order valence-corrected chi connectivity index (χ3v) is 3.95. The summed E-state index contributed by atoms with van der Waals surface area (Å²) in [5, 5.41) is 10.6. The monoisotopic (exact) mass is 368 g/mol. The number of aromatic nitrogens is 2. The molecule has 4 N–H and O–H groups in total. The molecule has 0 fully saturated rings. The van der Waals surface area contributed by atoms with Crippen molar-refractivity contribution < 1.29 is 9.84 Å². The van der Waals surface area contributed by atoms with Crippen molar-refractivity contribution in [2.75, 3.05) is 12.8 Å². The van der Waals surface area contributed by atoms with Crippen LogP contribution in [0.2, 0.25) is 0 Å². The van der Waals surface area contributed by atoms with Gasteiger partial charge in [-0.1, -0.05) is 6.07 Å². The molecule has 3 aromatic rings. The summed E-state index contributed by atoms with van der Waals surface area (Å²) in [4.78, 5) is 18.9. The van der Waals surface area contributed by atoms with E-state index in [9.17, 15) is 9.90 Å². The van der Waals surface area contributed by atoms with Crippen molar-refractivity contribution >= 4 is 29.8 Å². The maximum atomic E-state index is 12.2. The lowest BCUT2D eigenvalue weighted by molar-refractivity contribution is 0.414. The Kier molecular flexibility index (Phi) is 4.85. The zero-order valence-electron chi connectivity index (χ0n) is 13.8. The number of nitrogens with one attached hydrogen (secondary N) is 1. The van der Waals surface area contributed by atoms with Gasteiger partial charge in [0.2, 0.25) is 5.88 Å². The van der Waals surface area contributed by atoms with Gasteiger partial charge in [0.25, 0.3) is 5.56 Å². The van der Waals surface area contributed by atoms with Crippen molar-refractivity contribution in [1.29, 1.82) is 0 Å². The van der Waals surface area contributed by atoms with Crippen molar-refractivity contribution in [1.82, 2.24) is 9.55 Å². The normalized spacial score (nSPS) is 11.0. The molecule has 1 heterocycles. The number of aromatic amines is 1. The number of hydrogen-bond acceptors (Lipinski definition) is 6. The average Bonchev–Trinajstić information content (AvgIpc) is 2.62. The highest BCUT2D eigenvalue weighted by molar-refractivity contribution is 7.71. The Morgan fingerprint density at radius 1 is 1.27 bits per heavy atom. The van der Waals surface area contributed by atoms with Gasteiger partial charge >= 0.3 is 0 Å². The third kappa shape index (κ3) is 3.50. The molecular formula is C18H16N4O3S. The largest absolute Gasteiger partial charge is 0.497 e. The molecule has 7 nitrogen and oxygen atoms in total. The van der Waals surface area contributed by atoms with Gasteiger partial charge in [0.05, 0.1) is 18.5 Å². The van der Waals surface area contributed by atoms with E-state index in [2.05, 4.69) is 9.98 Å². The van der Waals surface area contributed by atoms with Crippen LogP contribution < -0.4 is 16.0 Å². The van der Waals surface area contributed by atoms with Crippen LogP contribution in [0.15, 0.2) is 58.3 Å². The molecule has 132 valence electrons. The quantitative estimate of drug-likeness (QED) is 0.373. The van der Waals surface area contributed by atoms with Crippen molar-refractivity contribution in [2.45, 2.75) is 0 Å². The van der Waals surface area contributed by atoms with Gasteiger partial charge in [-0.25, -0.2) is 0 Å². The molecule has 0 aliphatic rings. The van der Waals surface area contributed by atoms with Crippen LogP contribution in [-0.2, 0) is 0 Å². The minimum atomic E-state index is -0.537. The number of nitrogens with zero attached hydrogens (tertiary/aromatic N) is 2. The molecule has 26 heavy (non-hydrogen) atoms. The molecule has 1 aromatic heterocycles. The number of nitrogen functional groups attached to an aromatic ring is 1. The van der Waals surface area contributed by atoms with Gasteiger partial charge in [0, 0.05) is 11.9 Å². The van der Waals surface area contributed by atoms with Crippen molar-refractivity contribution in [3.8, 4) is 17.3 Å². The summed E-state index contributed by atoms with van der Waals surface area (Å²) in [6.07, 6.45) is 1.28. The number of aromatic hydroxyl groups is 1. The molecule has 0 unspecified atom stereocenters. The molecule has 0 aliphatic heterocycles. The molecule has 0 bridgehead atoms. The predicted molar refractivity (Wildman–Crippen MR) is 104 cm³/mol. The molecule has 0 radical (unpaired) electrons. The fraction of sp³-hybridized carbons (Fsp3) is 0.0556. The summed E-state index contributed by atoms with van der Waals surface area (Å²) in [5.41, 5.74) is 6.84. The predicted octanol–water partition coefficient (Wildman–Crippen LogP) is 2.94. The van der Waals surface area contributed by atoms with Crippen LogP contribution in [0.5, 0.6) is 11.6 Å². The second-order valence-electron chi connectivity index (χ2n) is 5.38. The van der Waals surface area contributed by atoms with Crippen molar-refractivity contribution in [3.05, 3.63) is 69.2 Å². The zero-order valence-corrected chi connectivity index (χ0v) is 14.7. The van der Waals surface area contributed by atoms with Gasteiger partial charge in [0.15, 0.2) is 4.77 Å². The van der Waals surface area contributed by atoms with Crippen molar-refractivity contribution in [2.24, 2.45) is 4.99 Å². The molecule has 3 rings (SSSR count). The first kappa shape index (κ1) is 17.4. The minimum Gasteiger partial charge on any atom is -0.497 e. The van der Waals surface area contributed by atoms with E-state index in [1.54, 1.807) is 55.6 Å². The van der Waals surface area contributed by atoms with E-state index in [4.69, 9.17) is 22.7 Å². The Bertz CT molecular complexity index is 1080. The number of hydrogen-bond donors (Lipinski definition) is 3. The smallest absolute Gasteiger partial charge is 0.264 e. The number of methoxy groups -OCH3 is 1. The van der Waals surface area contributed by atoms with Crippen LogP contribution in [-0.4, -0.2) is 28.0 Å². The van der Waals surface area contributed by atoms with Gasteiger partial charge in [-0.2, -0.15) is 0 Å². The first-order valence-corrected chi connectivity index (χ1v) is 8.03. The SMILES string of the molecule is COc1ccc(-n2c(O)c(C=Nc3cccc(N)c3)c(=O)[nH]c2=S)cc1. The summed E-state index contributed by atoms with van der Waals surface area (Å²) < 4.78 is 6.53. The zero-order chi connectivity index (χ0) is 18.7. The van der Waals surface area contributed by atoms with E-state index in [-0.39, 0.29) is 16.2 Å². The summed E-state index contributed by atoms with van der Waals surface area (Å²) in [6.45, 7) is 0. The highest BCUT2D eigenvalue weighted by Crippen LogP contribution is 2.22. The van der Waals surface area contributed by atoms with E-state index in [1.807, 2.05) is 0 Å². The highest BCUT2D eigenvalue weighted by Gasteiger charge is 2.12. The average molecular weight is 368 g/mol. The molecule has 0 spiro atoms. The van der Waals surface area contributed by atoms with Crippen LogP contribution >= 0.6 is 12.2 Å². The second-order valence-corrected chi connectivity index (χ2v) is 5.77. The van der Waals surface area contributed by atoms with Gasteiger partial charge in [-0.3, -0.25) is 19.3 Å². The van der Waals surface area contributed by atoms with E-state index in [0.29, 0.717) is 22.8 Å². The molecule has 2 aromatic carbocycles. The lowest BCUT2D eigenvalue weighted by Crippen LogP contribution is -2.18. The minimum absolute atomic E-state index is 0.0168. The van der Waals surface area contributed by atoms with Crippen LogP contribution in [0.1, 0.15) is 5.56 Å². The van der Waals surface area contributed by atoms with E-state index in [0.717, 1.165) is 0 Å². The first-order chi connectivity index (χ1) is 12.5. The lowest BCUT2D eigenvalue weighted by Gasteiger charge is -2.11. The highest BCUT2D eigenvalue weighted by atomic mass is 32.1. The summed E-state index contributed by atoms with van der Waals surface area (Å²) in [5.74, 6) is 0.351. The topological polar surface area (TPSA) is 106 Å². The number of nitrogens with two attached hydrogens (primary N) is 1. The number of aliphatic imine (C=N–C) groups is 1. The maximum absolute atomic E-state index is 12.2. The summed E-state index contributed by atoms with van der Waals surface area (Å²) in [6, 6.07) is 13.7. The molecular weight excluding hydrogens is 352 g/mol. The number of rotatable bonds is 4. The Hall–Kier alpha value is -3.39. The molecule has 0 atom stereocenters. The van der Waals surface area contributed by atoms with Crippen LogP contribution in [0, 0.1) is 4.77 Å². The first-order valence-electron chi connectivity index (χ1n) is 7.62. The van der Waals surface area contributed by atoms with Crippen LogP contribution in [0.25, 0.3) is 5.69 Å². The number of ether oxygens (including phenoxy) is 1. The van der Waals surface area contributed by atoms with Gasteiger partial charge < -0.3 is 15.6 Å². The van der Waals surface area contributed by atoms with Gasteiger partial charge in [0.1, 0.15) is 11.3 Å². The summed E-state index contributed by atoms with van der Waals surface area (Å²) in [7, 11) is 1.56. The lowest BCUT2D eigenvalue weighted by atomic mass is 10.2. The number of H-pyrrole nitrogens is 1. The van der Waals surface area contributed by atoms with Crippen molar-refractivity contribution in [3.63, 3.8) is 0 Å². The molecule has 8 heteroatoms. The van der Waals surface area contributed by atoms with E-state index < -0.39 is 5.56 Å². The van der Waals surface area contributed by atoms with E-state index in [1.165, 1.54) is 10.8 Å². The number of benzene rings is 2. The second kappa shape index (κ2) is 7.24. The molecule has 0 aliphatic carbocycles. The fourth-order valence-corrected chi connectivity index (χ4v) is 2.65. The van der Waals surface area contributed by atoms with E-state index >= 15 is 0 Å². The standard InChI is InChI=1S/C18H16N4O3S/c1-25-14-7-5-13(6-8-14)22-17(24)15(16(23)21-18(22)26)10-20-12-4-2-3-11(19)9-12/h2-10,24H,19H2,1H3,(H,21,23,26). The Balaban J connectivity index is 2.09. The van der Waals surface area contributed by atoms with Crippen LogP contribution in [0.4, 0.5) is 11.4 Å². The Morgan fingerprint density at radius 2 is 2.00 bits per heavy atom. The van der Waals surface area contributed by atoms with Gasteiger partial charge in [-0.15, -0.1) is 0 Å². The fourth-order valence-electron chi connectivity index (χ4n) is 2.37. The van der Waals surface area contributed by atoms with Crippen LogP contribution in [0.3, 0.4) is 0 Å². The third-order valence-electron chi connectivity index (χ3n) is 3.66. The number of anilines is 1. The maximum Gasteiger partial charge on any atom is 0.264 e.